The molecule has 1 aliphatic heterocycles. The van der Waals surface area contributed by atoms with E-state index in [1.54, 1.807) is 0 Å². The lowest BCUT2D eigenvalue weighted by Crippen LogP contribution is -2.52. The van der Waals surface area contributed by atoms with Crippen molar-refractivity contribution >= 4 is 17.8 Å². The number of aromatic nitrogens is 1. The summed E-state index contributed by atoms with van der Waals surface area (Å²) < 4.78 is 38.5. The number of pyridine rings is 1. The molecule has 2 fully saturated rings. The van der Waals surface area contributed by atoms with Crippen LogP contribution in [0.5, 0.6) is 0 Å². The fourth-order valence-electron chi connectivity index (χ4n) is 6.07. The van der Waals surface area contributed by atoms with Crippen LogP contribution in [0, 0.1) is 22.7 Å². The minimum atomic E-state index is -4.43. The molecule has 1 aromatic rings. The van der Waals surface area contributed by atoms with Crippen LogP contribution in [0.15, 0.2) is 18.3 Å². The van der Waals surface area contributed by atoms with Gasteiger partial charge in [-0.05, 0) is 54.6 Å². The minimum absolute atomic E-state index is 0.0338. The Labute approximate surface area is 204 Å². The number of rotatable bonds is 7. The van der Waals surface area contributed by atoms with E-state index in [1.807, 2.05) is 18.7 Å². The maximum Gasteiger partial charge on any atom is 0.417 e. The maximum atomic E-state index is 13.2. The van der Waals surface area contributed by atoms with Crippen LogP contribution in [-0.4, -0.2) is 47.3 Å². The zero-order chi connectivity index (χ0) is 26.2. The molecule has 1 saturated carbocycles. The van der Waals surface area contributed by atoms with E-state index in [0.717, 1.165) is 31.5 Å². The Morgan fingerprint density at radius 3 is 2.37 bits per heavy atom. The van der Waals surface area contributed by atoms with E-state index >= 15 is 0 Å². The summed E-state index contributed by atoms with van der Waals surface area (Å²) >= 11 is 0. The largest absolute Gasteiger partial charge is 0.465 e. The number of alkyl halides is 3. The van der Waals surface area contributed by atoms with Crippen molar-refractivity contribution in [2.75, 3.05) is 18.0 Å². The van der Waals surface area contributed by atoms with Crippen LogP contribution in [0.2, 0.25) is 0 Å². The van der Waals surface area contributed by atoms with Crippen LogP contribution >= 0.6 is 0 Å². The Balaban J connectivity index is 1.65. The van der Waals surface area contributed by atoms with Crippen LogP contribution in [-0.2, 0) is 11.0 Å². The van der Waals surface area contributed by atoms with Gasteiger partial charge in [-0.2, -0.15) is 13.2 Å². The lowest BCUT2D eigenvalue weighted by atomic mass is 9.73. The number of amides is 2. The predicted octanol–water partition coefficient (Wildman–Crippen LogP) is 4.92. The van der Waals surface area contributed by atoms with Crippen LogP contribution in [0.1, 0.15) is 65.9 Å². The molecule has 4 atom stereocenters. The summed E-state index contributed by atoms with van der Waals surface area (Å²) in [7, 11) is 0. The van der Waals surface area contributed by atoms with Crippen LogP contribution in [0.25, 0.3) is 0 Å². The first kappa shape index (κ1) is 27.1. The standard InChI is InChI=1S/C25H37F3N4O3/c1-23(2,3)14-24(4,5)10-19(31-22(34)35)21(33)30-18-8-6-15-12-32(13-17(15)18)20-9-7-16(11-29-20)25(26,27)28/h7,9,11,15,17-19,31H,6,8,10,12-14H2,1-5H3,(H,30,33)(H,34,35)/t15-,17+,18+,19+/m1/s1. The van der Waals surface area contributed by atoms with Crippen molar-refractivity contribution in [1.29, 1.82) is 0 Å². The fourth-order valence-corrected chi connectivity index (χ4v) is 6.07. The second-order valence-corrected chi connectivity index (χ2v) is 12.0. The predicted molar refractivity (Wildman–Crippen MR) is 127 cm³/mol. The third-order valence-electron chi connectivity index (χ3n) is 6.96. The van der Waals surface area contributed by atoms with E-state index in [-0.39, 0.29) is 28.7 Å². The highest BCUT2D eigenvalue weighted by Gasteiger charge is 2.44. The third kappa shape index (κ3) is 7.24. The molecule has 0 bridgehead atoms. The van der Waals surface area contributed by atoms with Gasteiger partial charge in [-0.25, -0.2) is 9.78 Å². The summed E-state index contributed by atoms with van der Waals surface area (Å²) in [6.45, 7) is 11.7. The van der Waals surface area contributed by atoms with Crippen molar-refractivity contribution in [1.82, 2.24) is 15.6 Å². The summed E-state index contributed by atoms with van der Waals surface area (Å²) in [5, 5.41) is 14.8. The maximum absolute atomic E-state index is 13.2. The van der Waals surface area contributed by atoms with E-state index in [0.29, 0.717) is 31.2 Å². The lowest BCUT2D eigenvalue weighted by Gasteiger charge is -2.35. The molecule has 35 heavy (non-hydrogen) atoms. The number of carbonyl (C=O) groups excluding carboxylic acids is 1. The number of anilines is 1. The van der Waals surface area contributed by atoms with Gasteiger partial charge in [-0.3, -0.25) is 4.79 Å². The number of nitrogens with zero attached hydrogens (tertiary/aromatic N) is 2. The minimum Gasteiger partial charge on any atom is -0.465 e. The summed E-state index contributed by atoms with van der Waals surface area (Å²) in [6, 6.07) is 1.45. The lowest BCUT2D eigenvalue weighted by molar-refractivity contribution is -0.137. The average Bonchev–Trinajstić information content (AvgIpc) is 3.26. The number of hydrogen-bond donors (Lipinski definition) is 3. The van der Waals surface area contributed by atoms with Crippen LogP contribution in [0.3, 0.4) is 0 Å². The molecule has 2 amide bonds. The molecule has 1 aliphatic carbocycles. The highest BCUT2D eigenvalue weighted by Crippen LogP contribution is 2.41. The first-order valence-electron chi connectivity index (χ1n) is 12.1. The molecule has 0 unspecified atom stereocenters. The quantitative estimate of drug-likeness (QED) is 0.496. The third-order valence-corrected chi connectivity index (χ3v) is 6.96. The van der Waals surface area contributed by atoms with E-state index in [1.165, 1.54) is 6.07 Å². The molecule has 7 nitrogen and oxygen atoms in total. The van der Waals surface area contributed by atoms with Crippen molar-refractivity contribution in [2.24, 2.45) is 22.7 Å². The van der Waals surface area contributed by atoms with Crippen LogP contribution < -0.4 is 15.5 Å². The summed E-state index contributed by atoms with van der Waals surface area (Å²) in [6.07, 6.45) is -1.92. The Morgan fingerprint density at radius 2 is 1.83 bits per heavy atom. The molecule has 2 heterocycles. The van der Waals surface area contributed by atoms with Crippen molar-refractivity contribution in [3.8, 4) is 0 Å². The van der Waals surface area contributed by atoms with Gasteiger partial charge in [-0.15, -0.1) is 0 Å². The number of carbonyl (C=O) groups is 2. The Bertz CT molecular complexity index is 912. The number of fused-ring (bicyclic) bond motifs is 1. The van der Waals surface area contributed by atoms with Gasteiger partial charge in [0.25, 0.3) is 0 Å². The van der Waals surface area contributed by atoms with Gasteiger partial charge in [0.15, 0.2) is 0 Å². The summed E-state index contributed by atoms with van der Waals surface area (Å²) in [5.74, 6) is 0.599. The first-order valence-corrected chi connectivity index (χ1v) is 12.1. The smallest absolute Gasteiger partial charge is 0.417 e. The van der Waals surface area contributed by atoms with Gasteiger partial charge in [-0.1, -0.05) is 34.6 Å². The van der Waals surface area contributed by atoms with Crippen molar-refractivity contribution < 1.29 is 27.9 Å². The molecule has 1 saturated heterocycles. The van der Waals surface area contributed by atoms with Crippen molar-refractivity contribution in [3.63, 3.8) is 0 Å². The first-order chi connectivity index (χ1) is 16.0. The molecule has 2 aliphatic rings. The number of carboxylic acid groups (broad SMARTS) is 1. The second kappa shape index (κ2) is 9.85. The SMILES string of the molecule is CC(C)(C)CC(C)(C)C[C@H](NC(=O)O)C(=O)N[C@H]1CC[C@@H]2CN(c3ccc(C(F)(F)F)cn3)C[C@@H]21. The average molecular weight is 499 g/mol. The van der Waals surface area contributed by atoms with E-state index in [2.05, 4.69) is 36.4 Å². The molecular formula is C25H37F3N4O3. The molecule has 0 spiro atoms. The monoisotopic (exact) mass is 498 g/mol. The molecule has 196 valence electrons. The van der Waals surface area contributed by atoms with Crippen LogP contribution in [0.4, 0.5) is 23.8 Å². The van der Waals surface area contributed by atoms with Gasteiger partial charge in [0.2, 0.25) is 5.91 Å². The van der Waals surface area contributed by atoms with Gasteiger partial charge in [0.05, 0.1) is 5.56 Å². The van der Waals surface area contributed by atoms with Crippen molar-refractivity contribution in [2.45, 2.75) is 78.6 Å². The number of nitrogens with one attached hydrogen (secondary N) is 2. The normalized spacial score (nSPS) is 23.7. The molecule has 0 aromatic carbocycles. The Morgan fingerprint density at radius 1 is 1.14 bits per heavy atom. The topological polar surface area (TPSA) is 94.6 Å². The number of hydrogen-bond acceptors (Lipinski definition) is 4. The zero-order valence-electron chi connectivity index (χ0n) is 21.1. The van der Waals surface area contributed by atoms with Gasteiger partial charge < -0.3 is 20.6 Å². The van der Waals surface area contributed by atoms with Gasteiger partial charge in [0, 0.05) is 31.2 Å². The summed E-state index contributed by atoms with van der Waals surface area (Å²) in [4.78, 5) is 30.6. The molecule has 3 N–H and O–H groups in total. The highest BCUT2D eigenvalue weighted by molar-refractivity contribution is 5.85. The fraction of sp³-hybridized carbons (Fsp3) is 0.720. The zero-order valence-corrected chi connectivity index (χ0v) is 21.1. The molecule has 1 aromatic heterocycles. The highest BCUT2D eigenvalue weighted by atomic mass is 19.4. The number of halogens is 3. The van der Waals surface area contributed by atoms with Gasteiger partial charge >= 0.3 is 12.3 Å². The Kier molecular flexibility index (Phi) is 7.62. The second-order valence-electron chi connectivity index (χ2n) is 12.0. The molecular weight excluding hydrogens is 461 g/mol. The summed E-state index contributed by atoms with van der Waals surface area (Å²) in [5.41, 5.74) is -0.997. The molecule has 0 radical (unpaired) electrons. The van der Waals surface area contributed by atoms with Crippen molar-refractivity contribution in [3.05, 3.63) is 23.9 Å². The van der Waals surface area contributed by atoms with E-state index < -0.39 is 23.9 Å². The molecule has 10 heteroatoms. The van der Waals surface area contributed by atoms with Gasteiger partial charge in [0.1, 0.15) is 11.9 Å². The van der Waals surface area contributed by atoms with E-state index in [4.69, 9.17) is 0 Å². The van der Waals surface area contributed by atoms with E-state index in [9.17, 15) is 27.9 Å². The molecule has 3 rings (SSSR count). The Hall–Kier alpha value is -2.52.